The molecule has 0 spiro atoms. The second kappa shape index (κ2) is 10.1. The van der Waals surface area contributed by atoms with Crippen LogP contribution in [0.4, 0.5) is 4.79 Å². The predicted octanol–water partition coefficient (Wildman–Crippen LogP) is 3.44. The lowest BCUT2D eigenvalue weighted by atomic mass is 9.98. The van der Waals surface area contributed by atoms with Crippen molar-refractivity contribution >= 4 is 18.0 Å². The molecule has 4 unspecified atom stereocenters. The lowest BCUT2D eigenvalue weighted by Crippen LogP contribution is -2.45. The van der Waals surface area contributed by atoms with Gasteiger partial charge in [0.05, 0.1) is 12.0 Å². The van der Waals surface area contributed by atoms with E-state index in [1.807, 2.05) is 24.3 Å². The van der Waals surface area contributed by atoms with Crippen LogP contribution in [0.25, 0.3) is 11.1 Å². The number of nitrogens with one attached hydrogen (secondary N) is 2. The standard InChI is InChI=1S/C27H30N2O6/c30-25(28-14-16-12-13-24(35-16)26(31)32)21-10-5-11-23(21)29-27(33)34-15-22-19-8-3-1-6-17(19)18-7-2-4-9-20(18)22/h1-4,6-9,16,21-24H,5,10-15H2,(H,28,30)(H,29,33)(H,31,32). The van der Waals surface area contributed by atoms with Gasteiger partial charge in [0.2, 0.25) is 5.91 Å². The Morgan fingerprint density at radius 3 is 2.29 bits per heavy atom. The highest BCUT2D eigenvalue weighted by atomic mass is 16.5. The minimum Gasteiger partial charge on any atom is -0.479 e. The monoisotopic (exact) mass is 478 g/mol. The van der Waals surface area contributed by atoms with Gasteiger partial charge in [0, 0.05) is 18.5 Å². The molecule has 0 bridgehead atoms. The van der Waals surface area contributed by atoms with Gasteiger partial charge in [-0.1, -0.05) is 55.0 Å². The third kappa shape index (κ3) is 4.89. The molecule has 2 aromatic rings. The number of hydrogen-bond acceptors (Lipinski definition) is 5. The van der Waals surface area contributed by atoms with Crippen LogP contribution in [0.1, 0.15) is 49.1 Å². The molecule has 1 heterocycles. The van der Waals surface area contributed by atoms with E-state index >= 15 is 0 Å². The minimum absolute atomic E-state index is 0.0168. The molecule has 8 nitrogen and oxygen atoms in total. The Hall–Kier alpha value is -3.39. The minimum atomic E-state index is -0.970. The maximum atomic E-state index is 12.8. The molecule has 184 valence electrons. The molecule has 3 aliphatic rings. The first-order valence-electron chi connectivity index (χ1n) is 12.3. The van der Waals surface area contributed by atoms with Crippen LogP contribution in [-0.2, 0) is 19.1 Å². The molecule has 8 heteroatoms. The normalized spacial score (nSPS) is 25.0. The maximum absolute atomic E-state index is 12.8. The van der Waals surface area contributed by atoms with E-state index in [0.29, 0.717) is 25.7 Å². The van der Waals surface area contributed by atoms with Crippen molar-refractivity contribution < 1.29 is 29.0 Å². The van der Waals surface area contributed by atoms with Crippen molar-refractivity contribution in [3.8, 4) is 11.1 Å². The Bertz CT molecular complexity index is 1070. The number of carbonyl (C=O) groups is 3. The summed E-state index contributed by atoms with van der Waals surface area (Å²) in [6, 6.07) is 16.1. The number of rotatable bonds is 7. The molecule has 35 heavy (non-hydrogen) atoms. The largest absolute Gasteiger partial charge is 0.479 e. The van der Waals surface area contributed by atoms with E-state index in [1.54, 1.807) is 0 Å². The summed E-state index contributed by atoms with van der Waals surface area (Å²) in [6.07, 6.45) is 1.68. The van der Waals surface area contributed by atoms with Gasteiger partial charge in [0.15, 0.2) is 6.10 Å². The topological polar surface area (TPSA) is 114 Å². The van der Waals surface area contributed by atoms with Crippen LogP contribution in [0.15, 0.2) is 48.5 Å². The number of fused-ring (bicyclic) bond motifs is 3. The Morgan fingerprint density at radius 1 is 0.943 bits per heavy atom. The summed E-state index contributed by atoms with van der Waals surface area (Å²) < 4.78 is 11.1. The summed E-state index contributed by atoms with van der Waals surface area (Å²) >= 11 is 0. The summed E-state index contributed by atoms with van der Waals surface area (Å²) in [5.41, 5.74) is 4.65. The zero-order valence-electron chi connectivity index (χ0n) is 19.4. The fourth-order valence-electron chi connectivity index (χ4n) is 5.62. The molecule has 1 aliphatic heterocycles. The molecule has 0 radical (unpaired) electrons. The smallest absolute Gasteiger partial charge is 0.407 e. The summed E-state index contributed by atoms with van der Waals surface area (Å²) in [5.74, 6) is -1.47. The molecule has 2 aromatic carbocycles. The average Bonchev–Trinajstić information content (AvgIpc) is 3.59. The van der Waals surface area contributed by atoms with Gasteiger partial charge in [-0.3, -0.25) is 4.79 Å². The number of aliphatic carboxylic acids is 1. The van der Waals surface area contributed by atoms with Gasteiger partial charge in [0.1, 0.15) is 6.61 Å². The second-order valence-electron chi connectivity index (χ2n) is 9.52. The highest BCUT2D eigenvalue weighted by Gasteiger charge is 2.36. The highest BCUT2D eigenvalue weighted by Crippen LogP contribution is 2.44. The van der Waals surface area contributed by atoms with Gasteiger partial charge >= 0.3 is 12.1 Å². The predicted molar refractivity (Wildman–Crippen MR) is 128 cm³/mol. The van der Waals surface area contributed by atoms with Gasteiger partial charge in [-0.15, -0.1) is 0 Å². The fraction of sp³-hybridized carbons (Fsp3) is 0.444. The Labute approximate surface area is 204 Å². The van der Waals surface area contributed by atoms with E-state index in [1.165, 1.54) is 11.1 Å². The van der Waals surface area contributed by atoms with Crippen molar-refractivity contribution in [1.82, 2.24) is 10.6 Å². The van der Waals surface area contributed by atoms with Crippen LogP contribution >= 0.6 is 0 Å². The van der Waals surface area contributed by atoms with Crippen LogP contribution in [-0.4, -0.2) is 54.5 Å². The number of carboxylic acids is 1. The maximum Gasteiger partial charge on any atom is 0.407 e. The summed E-state index contributed by atoms with van der Waals surface area (Å²) in [6.45, 7) is 0.504. The molecule has 2 fully saturated rings. The van der Waals surface area contributed by atoms with E-state index in [-0.39, 0.29) is 43.0 Å². The number of benzene rings is 2. The quantitative estimate of drug-likeness (QED) is 0.562. The number of carbonyl (C=O) groups excluding carboxylic acids is 2. The first kappa shape index (κ1) is 23.4. The van der Waals surface area contributed by atoms with Crippen molar-refractivity contribution in [2.24, 2.45) is 5.92 Å². The zero-order valence-corrected chi connectivity index (χ0v) is 19.4. The van der Waals surface area contributed by atoms with E-state index < -0.39 is 18.2 Å². The first-order chi connectivity index (χ1) is 17.0. The number of amides is 2. The number of carboxylic acid groups (broad SMARTS) is 1. The van der Waals surface area contributed by atoms with E-state index in [0.717, 1.165) is 17.5 Å². The molecule has 4 atom stereocenters. The molecule has 1 saturated carbocycles. The molecule has 5 rings (SSSR count). The Kier molecular flexibility index (Phi) is 6.72. The van der Waals surface area contributed by atoms with E-state index in [4.69, 9.17) is 14.6 Å². The fourth-order valence-corrected chi connectivity index (χ4v) is 5.62. The Morgan fingerprint density at radius 2 is 1.63 bits per heavy atom. The highest BCUT2D eigenvalue weighted by molar-refractivity contribution is 5.81. The molecular formula is C27H30N2O6. The number of alkyl carbamates (subject to hydrolysis) is 1. The second-order valence-corrected chi connectivity index (χ2v) is 9.52. The number of ether oxygens (including phenoxy) is 2. The lowest BCUT2D eigenvalue weighted by molar-refractivity contribution is -0.149. The van der Waals surface area contributed by atoms with Crippen LogP contribution in [0, 0.1) is 5.92 Å². The Balaban J connectivity index is 1.13. The van der Waals surface area contributed by atoms with Gasteiger partial charge in [-0.2, -0.15) is 0 Å². The molecule has 2 aliphatic carbocycles. The summed E-state index contributed by atoms with van der Waals surface area (Å²) in [4.78, 5) is 36.5. The summed E-state index contributed by atoms with van der Waals surface area (Å²) in [7, 11) is 0. The van der Waals surface area contributed by atoms with Gasteiger partial charge in [-0.25, -0.2) is 9.59 Å². The van der Waals surface area contributed by atoms with Gasteiger partial charge in [-0.05, 0) is 47.9 Å². The molecule has 0 aromatic heterocycles. The molecule has 3 N–H and O–H groups in total. The van der Waals surface area contributed by atoms with E-state index in [2.05, 4.69) is 34.9 Å². The van der Waals surface area contributed by atoms with Gasteiger partial charge in [0.25, 0.3) is 0 Å². The van der Waals surface area contributed by atoms with Crippen LogP contribution < -0.4 is 10.6 Å². The SMILES string of the molecule is O=C(NC1CCCC1C(=O)NCC1CCC(C(=O)O)O1)OCC1c2ccccc2-c2ccccc21. The van der Waals surface area contributed by atoms with Crippen molar-refractivity contribution in [3.63, 3.8) is 0 Å². The molecule has 1 saturated heterocycles. The zero-order chi connectivity index (χ0) is 24.4. The lowest BCUT2D eigenvalue weighted by Gasteiger charge is -2.22. The third-order valence-electron chi connectivity index (χ3n) is 7.39. The van der Waals surface area contributed by atoms with E-state index in [9.17, 15) is 14.4 Å². The van der Waals surface area contributed by atoms with Crippen LogP contribution in [0.2, 0.25) is 0 Å². The van der Waals surface area contributed by atoms with Crippen molar-refractivity contribution in [1.29, 1.82) is 0 Å². The first-order valence-corrected chi connectivity index (χ1v) is 12.3. The molecular weight excluding hydrogens is 448 g/mol. The van der Waals surface area contributed by atoms with Crippen molar-refractivity contribution in [2.75, 3.05) is 13.2 Å². The number of hydrogen-bond donors (Lipinski definition) is 3. The van der Waals surface area contributed by atoms with Crippen molar-refractivity contribution in [3.05, 3.63) is 59.7 Å². The summed E-state index contributed by atoms with van der Waals surface area (Å²) in [5, 5.41) is 14.8. The van der Waals surface area contributed by atoms with Crippen LogP contribution in [0.5, 0.6) is 0 Å². The van der Waals surface area contributed by atoms with Gasteiger partial charge < -0.3 is 25.2 Å². The molecule has 2 amide bonds. The van der Waals surface area contributed by atoms with Crippen molar-refractivity contribution in [2.45, 2.75) is 56.3 Å². The van der Waals surface area contributed by atoms with Crippen LogP contribution in [0.3, 0.4) is 0 Å². The third-order valence-corrected chi connectivity index (χ3v) is 7.39. The average molecular weight is 479 g/mol.